The average Bonchev–Trinajstić information content (AvgIpc) is 2.82. The molecule has 1 fully saturated rings. The monoisotopic (exact) mass is 480 g/mol. The van der Waals surface area contributed by atoms with E-state index in [4.69, 9.17) is 9.72 Å². The lowest BCUT2D eigenvalue weighted by atomic mass is 10.1. The van der Waals surface area contributed by atoms with E-state index < -0.39 is 0 Å². The highest BCUT2D eigenvalue weighted by molar-refractivity contribution is 7.99. The summed E-state index contributed by atoms with van der Waals surface area (Å²) in [6.45, 7) is 10.9. The van der Waals surface area contributed by atoms with Crippen LogP contribution in [0.1, 0.15) is 23.1 Å². The summed E-state index contributed by atoms with van der Waals surface area (Å²) in [4.78, 5) is 33.1. The van der Waals surface area contributed by atoms with Crippen LogP contribution in [-0.4, -0.2) is 59.0 Å². The van der Waals surface area contributed by atoms with Gasteiger partial charge in [0.1, 0.15) is 0 Å². The lowest BCUT2D eigenvalue weighted by Crippen LogP contribution is -2.37. The van der Waals surface area contributed by atoms with Gasteiger partial charge in [-0.15, -0.1) is 0 Å². The van der Waals surface area contributed by atoms with Gasteiger partial charge < -0.3 is 10.1 Å². The molecular weight excluding hydrogens is 448 g/mol. The molecule has 4 rings (SSSR count). The van der Waals surface area contributed by atoms with Crippen LogP contribution in [0.5, 0.6) is 0 Å². The number of rotatable bonds is 8. The number of morpholine rings is 1. The number of hydrogen-bond acceptors (Lipinski definition) is 6. The fourth-order valence-electron chi connectivity index (χ4n) is 4.42. The van der Waals surface area contributed by atoms with Gasteiger partial charge in [0.25, 0.3) is 5.56 Å². The zero-order valence-electron chi connectivity index (χ0n) is 20.1. The summed E-state index contributed by atoms with van der Waals surface area (Å²) in [6.07, 6.45) is 0.835. The number of aryl methyl sites for hydroxylation is 3. The molecule has 7 nitrogen and oxygen atoms in total. The number of carbonyl (C=O) groups excluding carboxylic acids is 1. The van der Waals surface area contributed by atoms with Crippen molar-refractivity contribution < 1.29 is 9.53 Å². The Morgan fingerprint density at radius 3 is 2.53 bits per heavy atom. The minimum absolute atomic E-state index is 0.0549. The maximum atomic E-state index is 13.3. The molecule has 0 atom stereocenters. The van der Waals surface area contributed by atoms with Gasteiger partial charge >= 0.3 is 0 Å². The van der Waals surface area contributed by atoms with Crippen molar-refractivity contribution in [3.05, 3.63) is 63.4 Å². The number of carbonyl (C=O) groups is 1. The van der Waals surface area contributed by atoms with Crippen LogP contribution < -0.4 is 10.9 Å². The van der Waals surface area contributed by atoms with Crippen LogP contribution in [0.2, 0.25) is 0 Å². The molecule has 0 bridgehead atoms. The van der Waals surface area contributed by atoms with Crippen molar-refractivity contribution in [3.8, 4) is 0 Å². The van der Waals surface area contributed by atoms with Crippen molar-refractivity contribution in [2.24, 2.45) is 0 Å². The van der Waals surface area contributed by atoms with Gasteiger partial charge in [-0.2, -0.15) is 0 Å². The van der Waals surface area contributed by atoms with E-state index in [9.17, 15) is 9.59 Å². The third-order valence-corrected chi connectivity index (χ3v) is 7.04. The van der Waals surface area contributed by atoms with E-state index in [2.05, 4.69) is 22.3 Å². The van der Waals surface area contributed by atoms with Crippen LogP contribution in [0.3, 0.4) is 0 Å². The Labute approximate surface area is 204 Å². The van der Waals surface area contributed by atoms with E-state index in [1.165, 1.54) is 17.3 Å². The van der Waals surface area contributed by atoms with Gasteiger partial charge in [-0.25, -0.2) is 4.98 Å². The quantitative estimate of drug-likeness (QED) is 0.391. The molecule has 1 saturated heterocycles. The Balaban J connectivity index is 1.49. The zero-order valence-corrected chi connectivity index (χ0v) is 20.9. The van der Waals surface area contributed by atoms with Gasteiger partial charge in [0, 0.05) is 31.9 Å². The molecule has 1 aliphatic heterocycles. The number of amides is 1. The Kier molecular flexibility index (Phi) is 8.03. The largest absolute Gasteiger partial charge is 0.379 e. The van der Waals surface area contributed by atoms with Crippen molar-refractivity contribution in [1.82, 2.24) is 14.5 Å². The van der Waals surface area contributed by atoms with Crippen molar-refractivity contribution in [2.75, 3.05) is 43.9 Å². The summed E-state index contributed by atoms with van der Waals surface area (Å²) in [5.74, 6) is 0.0726. The van der Waals surface area contributed by atoms with E-state index in [1.807, 2.05) is 45.0 Å². The zero-order chi connectivity index (χ0) is 24.1. The van der Waals surface area contributed by atoms with E-state index in [0.29, 0.717) is 22.6 Å². The number of anilines is 1. The minimum atomic E-state index is -0.109. The highest BCUT2D eigenvalue weighted by Crippen LogP contribution is 2.23. The minimum Gasteiger partial charge on any atom is -0.379 e. The van der Waals surface area contributed by atoms with Gasteiger partial charge in [-0.3, -0.25) is 19.1 Å². The molecular formula is C26H32N4O3S. The number of nitrogens with zero attached hydrogens (tertiary/aromatic N) is 3. The number of nitrogens with one attached hydrogen (secondary N) is 1. The molecule has 0 unspecified atom stereocenters. The van der Waals surface area contributed by atoms with E-state index >= 15 is 0 Å². The first-order chi connectivity index (χ1) is 16.4. The molecule has 2 aromatic carbocycles. The molecule has 1 N–H and O–H groups in total. The molecule has 0 radical (unpaired) electrons. The van der Waals surface area contributed by atoms with Gasteiger partial charge in [-0.1, -0.05) is 41.6 Å². The number of thioether (sulfide) groups is 1. The maximum Gasteiger partial charge on any atom is 0.262 e. The first kappa shape index (κ1) is 24.4. The second-order valence-corrected chi connectivity index (χ2v) is 9.73. The first-order valence-electron chi connectivity index (χ1n) is 11.7. The first-order valence-corrected chi connectivity index (χ1v) is 12.7. The fourth-order valence-corrected chi connectivity index (χ4v) is 5.24. The Hall–Kier alpha value is -2.68. The lowest BCUT2D eigenvalue weighted by Gasteiger charge is -2.26. The summed E-state index contributed by atoms with van der Waals surface area (Å²) in [5.41, 5.74) is 4.71. The topological polar surface area (TPSA) is 76.5 Å². The number of benzene rings is 2. The molecule has 0 spiro atoms. The fraction of sp³-hybridized carbons (Fsp3) is 0.423. The summed E-state index contributed by atoms with van der Waals surface area (Å²) in [7, 11) is 0. The molecule has 34 heavy (non-hydrogen) atoms. The Morgan fingerprint density at radius 1 is 1.09 bits per heavy atom. The number of hydrogen-bond donors (Lipinski definition) is 1. The van der Waals surface area contributed by atoms with Gasteiger partial charge in [0.15, 0.2) is 5.16 Å². The Bertz CT molecular complexity index is 1210. The molecule has 3 aromatic rings. The number of para-hydroxylation sites is 1. The molecule has 1 amide bonds. The lowest BCUT2D eigenvalue weighted by molar-refractivity contribution is -0.113. The standard InChI is InChI=1S/C26H32N4O3S/c1-18-15-19(2)24(20(3)16-18)28-23(31)17-34-26-27-22-8-5-4-7-21(22)25(32)30(26)10-6-9-29-11-13-33-14-12-29/h4-5,7-8,15-16H,6,9-14,17H2,1-3H3,(H,28,31). The van der Waals surface area contributed by atoms with E-state index in [-0.39, 0.29) is 17.2 Å². The van der Waals surface area contributed by atoms with E-state index in [1.54, 1.807) is 4.57 Å². The van der Waals surface area contributed by atoms with Gasteiger partial charge in [0.2, 0.25) is 5.91 Å². The van der Waals surface area contributed by atoms with Crippen LogP contribution in [-0.2, 0) is 16.1 Å². The molecule has 8 heteroatoms. The molecule has 2 heterocycles. The molecule has 0 saturated carbocycles. The summed E-state index contributed by atoms with van der Waals surface area (Å²) < 4.78 is 7.15. The van der Waals surface area contributed by atoms with Gasteiger partial charge in [-0.05, 0) is 50.5 Å². The smallest absolute Gasteiger partial charge is 0.262 e. The highest BCUT2D eigenvalue weighted by Gasteiger charge is 2.16. The second kappa shape index (κ2) is 11.2. The SMILES string of the molecule is Cc1cc(C)c(NC(=O)CSc2nc3ccccc3c(=O)n2CCCN2CCOCC2)c(C)c1. The van der Waals surface area contributed by atoms with Crippen molar-refractivity contribution >= 4 is 34.3 Å². The molecule has 0 aliphatic carbocycles. The summed E-state index contributed by atoms with van der Waals surface area (Å²) in [6, 6.07) is 11.5. The number of ether oxygens (including phenoxy) is 1. The van der Waals surface area contributed by atoms with Crippen molar-refractivity contribution in [1.29, 1.82) is 0 Å². The third kappa shape index (κ3) is 5.87. The molecule has 1 aromatic heterocycles. The van der Waals surface area contributed by atoms with Gasteiger partial charge in [0.05, 0.1) is 29.9 Å². The van der Waals surface area contributed by atoms with Crippen LogP contribution in [0.15, 0.2) is 46.3 Å². The molecule has 180 valence electrons. The van der Waals surface area contributed by atoms with Crippen LogP contribution in [0, 0.1) is 20.8 Å². The number of fused-ring (bicyclic) bond motifs is 1. The summed E-state index contributed by atoms with van der Waals surface area (Å²) in [5, 5.41) is 4.23. The predicted molar refractivity (Wildman–Crippen MR) is 138 cm³/mol. The predicted octanol–water partition coefficient (Wildman–Crippen LogP) is 3.77. The van der Waals surface area contributed by atoms with E-state index in [0.717, 1.165) is 56.1 Å². The van der Waals surface area contributed by atoms with Crippen molar-refractivity contribution in [3.63, 3.8) is 0 Å². The normalized spacial score (nSPS) is 14.4. The maximum absolute atomic E-state index is 13.3. The van der Waals surface area contributed by atoms with Crippen molar-refractivity contribution in [2.45, 2.75) is 38.9 Å². The third-order valence-electron chi connectivity index (χ3n) is 6.06. The highest BCUT2D eigenvalue weighted by atomic mass is 32.2. The number of aromatic nitrogens is 2. The average molecular weight is 481 g/mol. The van der Waals surface area contributed by atoms with Crippen LogP contribution in [0.4, 0.5) is 5.69 Å². The van der Waals surface area contributed by atoms with Crippen LogP contribution >= 0.6 is 11.8 Å². The Morgan fingerprint density at radius 2 is 1.79 bits per heavy atom. The summed E-state index contributed by atoms with van der Waals surface area (Å²) >= 11 is 1.31. The van der Waals surface area contributed by atoms with Crippen LogP contribution in [0.25, 0.3) is 10.9 Å². The molecule has 1 aliphatic rings. The second-order valence-electron chi connectivity index (χ2n) is 8.79.